The van der Waals surface area contributed by atoms with E-state index in [1.807, 2.05) is 31.2 Å². The standard InChI is InChI=1S/C21H23FN2O2/c1-2-15-5-3-4-6-19(15)24-21(26)18-13-17(18)20(25)23-12-11-14-7-9-16(22)10-8-14/h3-10,17-18H,2,11-13H2,1H3,(H,23,25)(H,24,26). The van der Waals surface area contributed by atoms with Crippen LogP contribution >= 0.6 is 0 Å². The normalized spacial score (nSPS) is 18.2. The summed E-state index contributed by atoms with van der Waals surface area (Å²) in [5.41, 5.74) is 2.87. The topological polar surface area (TPSA) is 58.2 Å². The lowest BCUT2D eigenvalue weighted by molar-refractivity contribution is -0.125. The first kappa shape index (κ1) is 18.1. The molecule has 0 saturated heterocycles. The molecule has 3 rings (SSSR count). The molecule has 2 atom stereocenters. The van der Waals surface area contributed by atoms with Gasteiger partial charge in [0.25, 0.3) is 0 Å². The van der Waals surface area contributed by atoms with Gasteiger partial charge in [0, 0.05) is 12.2 Å². The summed E-state index contributed by atoms with van der Waals surface area (Å²) in [5.74, 6) is -0.961. The van der Waals surface area contributed by atoms with Crippen molar-refractivity contribution in [2.24, 2.45) is 11.8 Å². The van der Waals surface area contributed by atoms with E-state index in [-0.39, 0.29) is 29.5 Å². The largest absolute Gasteiger partial charge is 0.356 e. The molecule has 0 aliphatic heterocycles. The summed E-state index contributed by atoms with van der Waals surface area (Å²) in [7, 11) is 0. The molecule has 5 heteroatoms. The lowest BCUT2D eigenvalue weighted by Crippen LogP contribution is -2.29. The minimum absolute atomic E-state index is 0.0870. The minimum atomic E-state index is -0.269. The molecule has 1 aliphatic carbocycles. The molecule has 2 unspecified atom stereocenters. The maximum absolute atomic E-state index is 12.9. The van der Waals surface area contributed by atoms with Crippen LogP contribution in [0.25, 0.3) is 0 Å². The Labute approximate surface area is 152 Å². The van der Waals surface area contributed by atoms with Crippen LogP contribution in [0.3, 0.4) is 0 Å². The summed E-state index contributed by atoms with van der Waals surface area (Å²) in [6.45, 7) is 2.52. The highest BCUT2D eigenvalue weighted by molar-refractivity contribution is 5.99. The van der Waals surface area contributed by atoms with Gasteiger partial charge in [-0.15, -0.1) is 0 Å². The van der Waals surface area contributed by atoms with E-state index in [0.717, 1.165) is 23.2 Å². The number of nitrogens with one attached hydrogen (secondary N) is 2. The van der Waals surface area contributed by atoms with E-state index in [0.29, 0.717) is 19.4 Å². The first-order chi connectivity index (χ1) is 12.6. The summed E-state index contributed by atoms with van der Waals surface area (Å²) >= 11 is 0. The summed E-state index contributed by atoms with van der Waals surface area (Å²) in [6.07, 6.45) is 2.07. The Morgan fingerprint density at radius 1 is 1.04 bits per heavy atom. The molecule has 0 spiro atoms. The number of rotatable bonds is 7. The molecule has 0 aromatic heterocycles. The number of hydrogen-bond acceptors (Lipinski definition) is 2. The molecule has 1 aliphatic rings. The van der Waals surface area contributed by atoms with E-state index in [9.17, 15) is 14.0 Å². The van der Waals surface area contributed by atoms with Crippen LogP contribution < -0.4 is 10.6 Å². The highest BCUT2D eigenvalue weighted by Crippen LogP contribution is 2.39. The van der Waals surface area contributed by atoms with Gasteiger partial charge in [0.2, 0.25) is 11.8 Å². The van der Waals surface area contributed by atoms with Crippen LogP contribution in [0.2, 0.25) is 0 Å². The Bertz CT molecular complexity index is 789. The number of amides is 2. The van der Waals surface area contributed by atoms with Crippen molar-refractivity contribution in [3.05, 3.63) is 65.5 Å². The molecular formula is C21H23FN2O2. The number of carbonyl (C=O) groups excluding carboxylic acids is 2. The first-order valence-corrected chi connectivity index (χ1v) is 8.99. The van der Waals surface area contributed by atoms with Crippen LogP contribution in [0, 0.1) is 17.7 Å². The van der Waals surface area contributed by atoms with Gasteiger partial charge in [0.1, 0.15) is 5.82 Å². The predicted molar refractivity (Wildman–Crippen MR) is 99.2 cm³/mol. The molecule has 2 aromatic rings. The Kier molecular flexibility index (Phi) is 5.66. The fourth-order valence-corrected chi connectivity index (χ4v) is 3.06. The lowest BCUT2D eigenvalue weighted by Gasteiger charge is -2.09. The third-order valence-electron chi connectivity index (χ3n) is 4.75. The smallest absolute Gasteiger partial charge is 0.228 e. The van der Waals surface area contributed by atoms with Crippen LogP contribution in [-0.2, 0) is 22.4 Å². The van der Waals surface area contributed by atoms with Crippen molar-refractivity contribution in [3.63, 3.8) is 0 Å². The molecule has 2 N–H and O–H groups in total. The summed E-state index contributed by atoms with van der Waals surface area (Å²) < 4.78 is 12.9. The molecule has 0 radical (unpaired) electrons. The SMILES string of the molecule is CCc1ccccc1NC(=O)C1CC1C(=O)NCCc1ccc(F)cc1. The third-order valence-corrected chi connectivity index (χ3v) is 4.75. The van der Waals surface area contributed by atoms with Crippen molar-refractivity contribution < 1.29 is 14.0 Å². The van der Waals surface area contributed by atoms with Crippen molar-refractivity contribution in [1.29, 1.82) is 0 Å². The van der Waals surface area contributed by atoms with Gasteiger partial charge in [0.15, 0.2) is 0 Å². The number of benzene rings is 2. The monoisotopic (exact) mass is 354 g/mol. The van der Waals surface area contributed by atoms with Crippen molar-refractivity contribution >= 4 is 17.5 Å². The Balaban J connectivity index is 1.44. The molecule has 26 heavy (non-hydrogen) atoms. The fraction of sp³-hybridized carbons (Fsp3) is 0.333. The maximum Gasteiger partial charge on any atom is 0.228 e. The van der Waals surface area contributed by atoms with Crippen LogP contribution in [0.1, 0.15) is 24.5 Å². The summed E-state index contributed by atoms with van der Waals surface area (Å²) in [6, 6.07) is 13.9. The van der Waals surface area contributed by atoms with E-state index >= 15 is 0 Å². The first-order valence-electron chi connectivity index (χ1n) is 8.99. The highest BCUT2D eigenvalue weighted by atomic mass is 19.1. The average Bonchev–Trinajstić information content (AvgIpc) is 3.45. The summed E-state index contributed by atoms with van der Waals surface area (Å²) in [4.78, 5) is 24.5. The third kappa shape index (κ3) is 4.48. The second-order valence-corrected chi connectivity index (χ2v) is 6.62. The Morgan fingerprint density at radius 3 is 2.46 bits per heavy atom. The second kappa shape index (κ2) is 8.13. The quantitative estimate of drug-likeness (QED) is 0.801. The number of anilines is 1. The van der Waals surface area contributed by atoms with E-state index in [4.69, 9.17) is 0 Å². The Morgan fingerprint density at radius 2 is 1.73 bits per heavy atom. The van der Waals surface area contributed by atoms with Gasteiger partial charge in [-0.05, 0) is 48.6 Å². The molecule has 136 valence electrons. The van der Waals surface area contributed by atoms with Crippen LogP contribution in [-0.4, -0.2) is 18.4 Å². The molecule has 2 aromatic carbocycles. The zero-order chi connectivity index (χ0) is 18.5. The van der Waals surface area contributed by atoms with Crippen LogP contribution in [0.5, 0.6) is 0 Å². The number of halogens is 1. The molecule has 0 heterocycles. The van der Waals surface area contributed by atoms with Crippen LogP contribution in [0.4, 0.5) is 10.1 Å². The highest BCUT2D eigenvalue weighted by Gasteiger charge is 2.47. The van der Waals surface area contributed by atoms with E-state index in [1.54, 1.807) is 12.1 Å². The second-order valence-electron chi connectivity index (χ2n) is 6.62. The Hall–Kier alpha value is -2.69. The predicted octanol–water partition coefficient (Wildman–Crippen LogP) is 3.32. The van der Waals surface area contributed by atoms with Crippen molar-refractivity contribution in [2.75, 3.05) is 11.9 Å². The van der Waals surface area contributed by atoms with Crippen molar-refractivity contribution in [2.45, 2.75) is 26.2 Å². The lowest BCUT2D eigenvalue weighted by atomic mass is 10.1. The summed E-state index contributed by atoms with van der Waals surface area (Å²) in [5, 5.41) is 5.81. The molecule has 4 nitrogen and oxygen atoms in total. The van der Waals surface area contributed by atoms with Gasteiger partial charge in [-0.2, -0.15) is 0 Å². The number of hydrogen-bond donors (Lipinski definition) is 2. The van der Waals surface area contributed by atoms with Gasteiger partial charge in [-0.3, -0.25) is 9.59 Å². The molecule has 1 fully saturated rings. The van der Waals surface area contributed by atoms with E-state index in [2.05, 4.69) is 10.6 Å². The fourth-order valence-electron chi connectivity index (χ4n) is 3.06. The maximum atomic E-state index is 12.9. The van der Waals surface area contributed by atoms with E-state index < -0.39 is 0 Å². The molecule has 2 amide bonds. The van der Waals surface area contributed by atoms with Gasteiger partial charge in [-0.25, -0.2) is 4.39 Å². The minimum Gasteiger partial charge on any atom is -0.356 e. The van der Waals surface area contributed by atoms with Crippen molar-refractivity contribution in [3.8, 4) is 0 Å². The average molecular weight is 354 g/mol. The number of para-hydroxylation sites is 1. The van der Waals surface area contributed by atoms with Gasteiger partial charge >= 0.3 is 0 Å². The number of aryl methyl sites for hydroxylation is 1. The van der Waals surface area contributed by atoms with Gasteiger partial charge < -0.3 is 10.6 Å². The zero-order valence-corrected chi connectivity index (χ0v) is 14.8. The van der Waals surface area contributed by atoms with Gasteiger partial charge in [-0.1, -0.05) is 37.3 Å². The number of carbonyl (C=O) groups is 2. The van der Waals surface area contributed by atoms with Crippen molar-refractivity contribution in [1.82, 2.24) is 5.32 Å². The van der Waals surface area contributed by atoms with E-state index in [1.165, 1.54) is 12.1 Å². The zero-order valence-electron chi connectivity index (χ0n) is 14.8. The molecular weight excluding hydrogens is 331 g/mol. The molecule has 0 bridgehead atoms. The van der Waals surface area contributed by atoms with Crippen LogP contribution in [0.15, 0.2) is 48.5 Å². The van der Waals surface area contributed by atoms with Gasteiger partial charge in [0.05, 0.1) is 11.8 Å². The molecule has 1 saturated carbocycles.